The molecule has 1 unspecified atom stereocenters. The Morgan fingerprint density at radius 1 is 1.12 bits per heavy atom. The summed E-state index contributed by atoms with van der Waals surface area (Å²) in [7, 11) is 3.84. The van der Waals surface area contributed by atoms with Crippen molar-refractivity contribution in [3.63, 3.8) is 0 Å². The number of hydrogen-bond donors (Lipinski definition) is 1. The van der Waals surface area contributed by atoms with E-state index in [1.165, 1.54) is 11.2 Å². The van der Waals surface area contributed by atoms with Gasteiger partial charge in [0.15, 0.2) is 0 Å². The number of aliphatic hydroxyl groups excluding tert-OH is 1. The number of anilines is 2. The Kier molecular flexibility index (Phi) is 6.45. The molecule has 7 heteroatoms. The molecule has 7 nitrogen and oxygen atoms in total. The zero-order chi connectivity index (χ0) is 24.4. The van der Waals surface area contributed by atoms with Crippen molar-refractivity contribution in [3.8, 4) is 5.75 Å². The molecule has 1 saturated heterocycles. The van der Waals surface area contributed by atoms with Crippen LogP contribution in [0.25, 0.3) is 5.76 Å². The molecule has 34 heavy (non-hydrogen) atoms. The van der Waals surface area contributed by atoms with Crippen LogP contribution in [0.1, 0.15) is 36.3 Å². The number of benzene rings is 2. The van der Waals surface area contributed by atoms with Gasteiger partial charge < -0.3 is 19.2 Å². The second kappa shape index (κ2) is 9.47. The lowest BCUT2D eigenvalue weighted by Gasteiger charge is -2.24. The zero-order valence-electron chi connectivity index (χ0n) is 19.7. The van der Waals surface area contributed by atoms with Crippen LogP contribution in [0.4, 0.5) is 11.4 Å². The Morgan fingerprint density at radius 3 is 2.44 bits per heavy atom. The molecule has 1 amide bonds. The van der Waals surface area contributed by atoms with E-state index in [4.69, 9.17) is 9.15 Å². The van der Waals surface area contributed by atoms with Crippen molar-refractivity contribution in [1.82, 2.24) is 0 Å². The molecule has 1 fully saturated rings. The Hall–Kier alpha value is -4.00. The lowest BCUT2D eigenvalue weighted by Crippen LogP contribution is -2.29. The highest BCUT2D eigenvalue weighted by Gasteiger charge is 2.48. The quantitative estimate of drug-likeness (QED) is 0.301. The zero-order valence-corrected chi connectivity index (χ0v) is 19.7. The van der Waals surface area contributed by atoms with Crippen LogP contribution in [0.5, 0.6) is 5.75 Å². The maximum Gasteiger partial charge on any atom is 0.300 e. The van der Waals surface area contributed by atoms with E-state index in [1.54, 1.807) is 42.5 Å². The van der Waals surface area contributed by atoms with Crippen molar-refractivity contribution in [2.75, 3.05) is 30.5 Å². The standard InChI is InChI=1S/C27H28N2O5/c1-5-14-33-21-13-8-18(16-17(21)2)25(30)23-24(22-7-6-15-34-22)29(27(32)26(23)31)20-11-9-19(10-12-20)28(3)4/h6-13,15-16,24,30H,5,14H2,1-4H3/b25-23-. The van der Waals surface area contributed by atoms with Crippen LogP contribution in [-0.2, 0) is 9.59 Å². The van der Waals surface area contributed by atoms with Gasteiger partial charge in [0, 0.05) is 31.0 Å². The molecule has 0 radical (unpaired) electrons. The molecule has 0 spiro atoms. The molecule has 2 aromatic carbocycles. The first kappa shape index (κ1) is 23.2. The average molecular weight is 461 g/mol. The number of rotatable bonds is 7. The van der Waals surface area contributed by atoms with Gasteiger partial charge in [0.2, 0.25) is 0 Å². The van der Waals surface area contributed by atoms with Crippen molar-refractivity contribution >= 4 is 28.8 Å². The number of carbonyl (C=O) groups excluding carboxylic acids is 2. The number of aliphatic hydroxyl groups is 1. The smallest absolute Gasteiger partial charge is 0.300 e. The summed E-state index contributed by atoms with van der Waals surface area (Å²) in [6.07, 6.45) is 2.36. The molecule has 1 aliphatic heterocycles. The van der Waals surface area contributed by atoms with Gasteiger partial charge in [0.05, 0.1) is 18.4 Å². The van der Waals surface area contributed by atoms with E-state index in [-0.39, 0.29) is 11.3 Å². The number of nitrogens with zero attached hydrogens (tertiary/aromatic N) is 2. The molecule has 1 N–H and O–H groups in total. The van der Waals surface area contributed by atoms with Gasteiger partial charge in [-0.1, -0.05) is 6.92 Å². The molecule has 4 rings (SSSR count). The maximum atomic E-state index is 13.2. The van der Waals surface area contributed by atoms with Crippen molar-refractivity contribution in [1.29, 1.82) is 0 Å². The Bertz CT molecular complexity index is 1230. The molecule has 0 saturated carbocycles. The van der Waals surface area contributed by atoms with E-state index in [9.17, 15) is 14.7 Å². The van der Waals surface area contributed by atoms with Crippen LogP contribution in [-0.4, -0.2) is 37.5 Å². The first-order valence-corrected chi connectivity index (χ1v) is 11.2. The van der Waals surface area contributed by atoms with Crippen LogP contribution in [0.3, 0.4) is 0 Å². The highest BCUT2D eigenvalue weighted by atomic mass is 16.5. The molecule has 0 aliphatic carbocycles. The van der Waals surface area contributed by atoms with E-state index in [1.807, 2.05) is 45.0 Å². The number of ether oxygens (including phenoxy) is 1. The van der Waals surface area contributed by atoms with Gasteiger partial charge in [-0.15, -0.1) is 0 Å². The first-order valence-electron chi connectivity index (χ1n) is 11.2. The number of amides is 1. The van der Waals surface area contributed by atoms with Gasteiger partial charge in [-0.3, -0.25) is 14.5 Å². The van der Waals surface area contributed by atoms with E-state index in [0.29, 0.717) is 29.4 Å². The largest absolute Gasteiger partial charge is 0.507 e. The summed E-state index contributed by atoms with van der Waals surface area (Å²) >= 11 is 0. The molecule has 1 aliphatic rings. The Labute approximate surface area is 198 Å². The second-order valence-corrected chi connectivity index (χ2v) is 8.42. The van der Waals surface area contributed by atoms with E-state index in [2.05, 4.69) is 0 Å². The minimum Gasteiger partial charge on any atom is -0.507 e. The molecule has 3 aromatic rings. The van der Waals surface area contributed by atoms with Crippen molar-refractivity contribution in [2.24, 2.45) is 0 Å². The fraction of sp³-hybridized carbons (Fsp3) is 0.259. The lowest BCUT2D eigenvalue weighted by molar-refractivity contribution is -0.132. The number of carbonyl (C=O) groups is 2. The van der Waals surface area contributed by atoms with E-state index < -0.39 is 17.7 Å². The van der Waals surface area contributed by atoms with E-state index >= 15 is 0 Å². The average Bonchev–Trinajstić information content (AvgIpc) is 3.45. The topological polar surface area (TPSA) is 83.2 Å². The summed E-state index contributed by atoms with van der Waals surface area (Å²) in [5.41, 5.74) is 2.72. The third-order valence-corrected chi connectivity index (χ3v) is 5.81. The van der Waals surface area contributed by atoms with Crippen LogP contribution >= 0.6 is 0 Å². The molecular formula is C27H28N2O5. The molecule has 1 atom stereocenters. The highest BCUT2D eigenvalue weighted by Crippen LogP contribution is 2.42. The van der Waals surface area contributed by atoms with Crippen LogP contribution < -0.4 is 14.5 Å². The summed E-state index contributed by atoms with van der Waals surface area (Å²) in [6.45, 7) is 4.48. The molecular weight excluding hydrogens is 432 g/mol. The summed E-state index contributed by atoms with van der Waals surface area (Å²) in [6, 6.07) is 15.0. The fourth-order valence-electron chi connectivity index (χ4n) is 4.05. The summed E-state index contributed by atoms with van der Waals surface area (Å²) in [5.74, 6) is -0.642. The van der Waals surface area contributed by atoms with Gasteiger partial charge >= 0.3 is 0 Å². The number of ketones is 1. The minimum absolute atomic E-state index is 0.0155. The summed E-state index contributed by atoms with van der Waals surface area (Å²) < 4.78 is 11.3. The fourth-order valence-corrected chi connectivity index (χ4v) is 4.05. The summed E-state index contributed by atoms with van der Waals surface area (Å²) in [5, 5.41) is 11.2. The predicted octanol–water partition coefficient (Wildman–Crippen LogP) is 5.07. The number of furan rings is 1. The SMILES string of the molecule is CCCOc1ccc(/C(O)=C2/C(=O)C(=O)N(c3ccc(N(C)C)cc3)C2c2ccco2)cc1C. The monoisotopic (exact) mass is 460 g/mol. The van der Waals surface area contributed by atoms with Crippen molar-refractivity contribution in [2.45, 2.75) is 26.3 Å². The summed E-state index contributed by atoms with van der Waals surface area (Å²) in [4.78, 5) is 29.7. The number of hydrogen-bond acceptors (Lipinski definition) is 6. The third-order valence-electron chi connectivity index (χ3n) is 5.81. The van der Waals surface area contributed by atoms with Crippen LogP contribution in [0, 0.1) is 6.92 Å². The Morgan fingerprint density at radius 2 is 1.85 bits per heavy atom. The van der Waals surface area contributed by atoms with Gasteiger partial charge in [-0.2, -0.15) is 0 Å². The maximum absolute atomic E-state index is 13.2. The predicted molar refractivity (Wildman–Crippen MR) is 131 cm³/mol. The van der Waals surface area contributed by atoms with E-state index in [0.717, 1.165) is 17.7 Å². The number of Topliss-reactive ketones (excluding diaryl/α,β-unsaturated/α-hetero) is 1. The molecule has 1 aromatic heterocycles. The van der Waals surface area contributed by atoms with Gasteiger partial charge in [-0.05, 0) is 73.5 Å². The highest BCUT2D eigenvalue weighted by molar-refractivity contribution is 6.51. The third kappa shape index (κ3) is 4.17. The number of aryl methyl sites for hydroxylation is 1. The first-order chi connectivity index (χ1) is 16.3. The van der Waals surface area contributed by atoms with Gasteiger partial charge in [-0.25, -0.2) is 0 Å². The normalized spacial score (nSPS) is 17.3. The van der Waals surface area contributed by atoms with Crippen LogP contribution in [0.15, 0.2) is 70.9 Å². The van der Waals surface area contributed by atoms with Gasteiger partial charge in [0.1, 0.15) is 23.3 Å². The van der Waals surface area contributed by atoms with Crippen molar-refractivity contribution < 1.29 is 23.8 Å². The van der Waals surface area contributed by atoms with Gasteiger partial charge in [0.25, 0.3) is 11.7 Å². The Balaban J connectivity index is 1.81. The lowest BCUT2D eigenvalue weighted by atomic mass is 9.98. The second-order valence-electron chi connectivity index (χ2n) is 8.42. The van der Waals surface area contributed by atoms with Crippen molar-refractivity contribution in [3.05, 3.63) is 83.3 Å². The van der Waals surface area contributed by atoms with Crippen LogP contribution in [0.2, 0.25) is 0 Å². The molecule has 176 valence electrons. The molecule has 2 heterocycles. The minimum atomic E-state index is -0.892. The molecule has 0 bridgehead atoms.